The van der Waals surface area contributed by atoms with Gasteiger partial charge in [0.1, 0.15) is 5.82 Å². The lowest BCUT2D eigenvalue weighted by molar-refractivity contribution is -0.115. The molecule has 0 bridgehead atoms. The number of nitrogens with one attached hydrogen (secondary N) is 1. The van der Waals surface area contributed by atoms with Gasteiger partial charge in [-0.05, 0) is 50.8 Å². The zero-order valence-electron chi connectivity index (χ0n) is 13.7. The van der Waals surface area contributed by atoms with Crippen molar-refractivity contribution in [1.29, 1.82) is 0 Å². The molecule has 2 aromatic rings. The van der Waals surface area contributed by atoms with E-state index in [4.69, 9.17) is 0 Å². The normalized spacial score (nSPS) is 15.4. The zero-order chi connectivity index (χ0) is 16.4. The molecule has 0 saturated heterocycles. The van der Waals surface area contributed by atoms with Crippen molar-refractivity contribution in [2.45, 2.75) is 56.5 Å². The first-order valence-electron chi connectivity index (χ1n) is 8.06. The number of nitrogens with zero attached hydrogens (tertiary/aromatic N) is 3. The minimum atomic E-state index is -0.220. The Kier molecular flexibility index (Phi) is 4.71. The highest BCUT2D eigenvalue weighted by atomic mass is 32.2. The van der Waals surface area contributed by atoms with E-state index >= 15 is 0 Å². The molecule has 1 fully saturated rings. The quantitative estimate of drug-likeness (QED) is 0.822. The smallest absolute Gasteiger partial charge is 0.237 e. The van der Waals surface area contributed by atoms with E-state index in [1.165, 1.54) is 30.2 Å². The fourth-order valence-corrected chi connectivity index (χ4v) is 3.43. The monoisotopic (exact) mass is 330 g/mol. The Labute approximate surface area is 140 Å². The lowest BCUT2D eigenvalue weighted by Crippen LogP contribution is -2.23. The van der Waals surface area contributed by atoms with Gasteiger partial charge in [-0.15, -0.1) is 10.2 Å². The number of rotatable bonds is 6. The van der Waals surface area contributed by atoms with Crippen LogP contribution >= 0.6 is 11.8 Å². The van der Waals surface area contributed by atoms with Crippen molar-refractivity contribution in [2.75, 3.05) is 5.32 Å². The van der Waals surface area contributed by atoms with Gasteiger partial charge in [0.25, 0.3) is 0 Å². The molecule has 3 rings (SSSR count). The number of benzene rings is 1. The van der Waals surface area contributed by atoms with Crippen molar-refractivity contribution >= 4 is 23.4 Å². The lowest BCUT2D eigenvalue weighted by Gasteiger charge is -2.13. The van der Waals surface area contributed by atoms with E-state index in [9.17, 15) is 4.79 Å². The van der Waals surface area contributed by atoms with Crippen LogP contribution in [-0.2, 0) is 11.2 Å². The van der Waals surface area contributed by atoms with Gasteiger partial charge in [-0.3, -0.25) is 4.79 Å². The van der Waals surface area contributed by atoms with Crippen molar-refractivity contribution in [3.63, 3.8) is 0 Å². The molecule has 23 heavy (non-hydrogen) atoms. The zero-order valence-corrected chi connectivity index (χ0v) is 14.6. The lowest BCUT2D eigenvalue weighted by atomic mass is 10.1. The second-order valence-corrected chi connectivity index (χ2v) is 7.24. The van der Waals surface area contributed by atoms with Crippen LogP contribution in [0.3, 0.4) is 0 Å². The predicted molar refractivity (Wildman–Crippen MR) is 92.8 cm³/mol. The summed E-state index contributed by atoms with van der Waals surface area (Å²) in [5, 5.41) is 12.0. The molecule has 0 spiro atoms. The van der Waals surface area contributed by atoms with Crippen LogP contribution in [0.1, 0.15) is 44.1 Å². The molecule has 5 nitrogen and oxygen atoms in total. The molecule has 1 aliphatic carbocycles. The van der Waals surface area contributed by atoms with Crippen molar-refractivity contribution < 1.29 is 4.79 Å². The minimum Gasteiger partial charge on any atom is -0.325 e. The Morgan fingerprint density at radius 1 is 1.35 bits per heavy atom. The number of anilines is 1. The molecule has 1 N–H and O–H groups in total. The van der Waals surface area contributed by atoms with Crippen molar-refractivity contribution in [1.82, 2.24) is 14.8 Å². The number of amides is 1. The fourth-order valence-electron chi connectivity index (χ4n) is 2.46. The number of thioether (sulfide) groups is 1. The molecule has 1 aromatic carbocycles. The highest BCUT2D eigenvalue weighted by molar-refractivity contribution is 8.00. The molecule has 1 aliphatic rings. The third kappa shape index (κ3) is 3.75. The first kappa shape index (κ1) is 16.1. The number of carbonyl (C=O) groups excluding carboxylic acids is 1. The summed E-state index contributed by atoms with van der Waals surface area (Å²) in [4.78, 5) is 12.4. The molecule has 1 saturated carbocycles. The van der Waals surface area contributed by atoms with Gasteiger partial charge in [0.05, 0.1) is 5.25 Å². The van der Waals surface area contributed by atoms with Crippen molar-refractivity contribution in [2.24, 2.45) is 0 Å². The summed E-state index contributed by atoms with van der Waals surface area (Å²) in [6.45, 7) is 5.99. The van der Waals surface area contributed by atoms with Gasteiger partial charge in [0, 0.05) is 11.7 Å². The van der Waals surface area contributed by atoms with Crippen LogP contribution in [0.4, 0.5) is 5.69 Å². The van der Waals surface area contributed by atoms with Crippen LogP contribution in [-0.4, -0.2) is 25.9 Å². The average Bonchev–Trinajstić information content (AvgIpc) is 3.32. The Balaban J connectivity index is 1.63. The fraction of sp³-hybridized carbons (Fsp3) is 0.471. The summed E-state index contributed by atoms with van der Waals surface area (Å²) >= 11 is 1.47. The van der Waals surface area contributed by atoms with Gasteiger partial charge < -0.3 is 9.88 Å². The maximum atomic E-state index is 12.4. The van der Waals surface area contributed by atoms with Gasteiger partial charge in [-0.2, -0.15) is 0 Å². The van der Waals surface area contributed by atoms with E-state index < -0.39 is 0 Å². The maximum Gasteiger partial charge on any atom is 0.237 e. The van der Waals surface area contributed by atoms with E-state index in [1.807, 2.05) is 38.1 Å². The molecular formula is C17H22N4OS. The number of carbonyl (C=O) groups is 1. The maximum absolute atomic E-state index is 12.4. The standard InChI is InChI=1S/C17H22N4OS/c1-4-13-5-7-14(8-6-13)18-16(22)11(2)23-17-20-19-12(3)21(17)15-9-10-15/h5-8,11,15H,4,9-10H2,1-3H3,(H,18,22)/t11-/m1/s1. The van der Waals surface area contributed by atoms with Crippen LogP contribution < -0.4 is 5.32 Å². The Bertz CT molecular complexity index is 691. The number of aromatic nitrogens is 3. The summed E-state index contributed by atoms with van der Waals surface area (Å²) in [5.74, 6) is 0.917. The molecule has 0 radical (unpaired) electrons. The van der Waals surface area contributed by atoms with Crippen LogP contribution in [0.5, 0.6) is 0 Å². The summed E-state index contributed by atoms with van der Waals surface area (Å²) in [6, 6.07) is 8.50. The van der Waals surface area contributed by atoms with E-state index in [-0.39, 0.29) is 11.2 Å². The number of hydrogen-bond acceptors (Lipinski definition) is 4. The van der Waals surface area contributed by atoms with E-state index in [0.29, 0.717) is 6.04 Å². The first-order valence-corrected chi connectivity index (χ1v) is 8.94. The first-order chi connectivity index (χ1) is 11.1. The van der Waals surface area contributed by atoms with Crippen molar-refractivity contribution in [3.8, 4) is 0 Å². The third-order valence-electron chi connectivity index (χ3n) is 4.03. The molecular weight excluding hydrogens is 308 g/mol. The molecule has 1 heterocycles. The highest BCUT2D eigenvalue weighted by Gasteiger charge is 2.29. The van der Waals surface area contributed by atoms with Gasteiger partial charge in [-0.25, -0.2) is 0 Å². The van der Waals surface area contributed by atoms with Gasteiger partial charge in [0.15, 0.2) is 5.16 Å². The van der Waals surface area contributed by atoms with Gasteiger partial charge in [-0.1, -0.05) is 30.8 Å². The Morgan fingerprint density at radius 3 is 2.65 bits per heavy atom. The summed E-state index contributed by atoms with van der Waals surface area (Å²) in [5.41, 5.74) is 2.10. The van der Waals surface area contributed by atoms with Gasteiger partial charge >= 0.3 is 0 Å². The molecule has 1 aromatic heterocycles. The molecule has 0 unspecified atom stereocenters. The van der Waals surface area contributed by atoms with Gasteiger partial charge in [0.2, 0.25) is 5.91 Å². The SMILES string of the molecule is CCc1ccc(NC(=O)[C@@H](C)Sc2nnc(C)n2C2CC2)cc1. The molecule has 0 aliphatic heterocycles. The minimum absolute atomic E-state index is 0.0118. The molecule has 6 heteroatoms. The summed E-state index contributed by atoms with van der Waals surface area (Å²) in [7, 11) is 0. The van der Waals surface area contributed by atoms with Crippen molar-refractivity contribution in [3.05, 3.63) is 35.7 Å². The third-order valence-corrected chi connectivity index (χ3v) is 5.08. The molecule has 122 valence electrons. The Morgan fingerprint density at radius 2 is 2.04 bits per heavy atom. The summed E-state index contributed by atoms with van der Waals surface area (Å²) < 4.78 is 2.16. The topological polar surface area (TPSA) is 59.8 Å². The summed E-state index contributed by atoms with van der Waals surface area (Å²) in [6.07, 6.45) is 3.35. The van der Waals surface area contributed by atoms with Crippen LogP contribution in [0, 0.1) is 6.92 Å². The van der Waals surface area contributed by atoms with Crippen LogP contribution in [0.2, 0.25) is 0 Å². The van der Waals surface area contributed by atoms with Crippen LogP contribution in [0.15, 0.2) is 29.4 Å². The van der Waals surface area contributed by atoms with E-state index in [2.05, 4.69) is 27.0 Å². The van der Waals surface area contributed by atoms with E-state index in [0.717, 1.165) is 23.1 Å². The number of aryl methyl sites for hydroxylation is 2. The highest BCUT2D eigenvalue weighted by Crippen LogP contribution is 2.39. The average molecular weight is 330 g/mol. The second kappa shape index (κ2) is 6.74. The Hall–Kier alpha value is -1.82. The predicted octanol–water partition coefficient (Wildman–Crippen LogP) is 3.60. The largest absolute Gasteiger partial charge is 0.325 e. The van der Waals surface area contributed by atoms with Crippen LogP contribution in [0.25, 0.3) is 0 Å². The molecule has 1 atom stereocenters. The molecule has 1 amide bonds. The van der Waals surface area contributed by atoms with E-state index in [1.54, 1.807) is 0 Å². The second-order valence-electron chi connectivity index (χ2n) is 5.93. The number of hydrogen-bond donors (Lipinski definition) is 1.